The highest BCUT2D eigenvalue weighted by molar-refractivity contribution is 5.96. The predicted molar refractivity (Wildman–Crippen MR) is 145 cm³/mol. The quantitative estimate of drug-likeness (QED) is 0.339. The number of hydrogen-bond donors (Lipinski definition) is 1. The molecule has 0 saturated heterocycles. The van der Waals surface area contributed by atoms with Crippen LogP contribution in [-0.2, 0) is 11.0 Å². The van der Waals surface area contributed by atoms with E-state index in [2.05, 4.69) is 57.2 Å². The molecule has 4 rings (SSSR count). The van der Waals surface area contributed by atoms with Gasteiger partial charge in [0.15, 0.2) is 5.78 Å². The average molecular weight is 469 g/mol. The lowest BCUT2D eigenvalue weighted by atomic mass is 9.67. The van der Waals surface area contributed by atoms with E-state index in [-0.39, 0.29) is 17.1 Å². The van der Waals surface area contributed by atoms with Crippen LogP contribution in [0.25, 0.3) is 0 Å². The molecule has 1 aliphatic carbocycles. The Bertz CT molecular complexity index is 1030. The predicted octanol–water partition coefficient (Wildman–Crippen LogP) is 8.08. The molecular weight excluding hydrogens is 428 g/mol. The molecular formula is C33H40O2. The van der Waals surface area contributed by atoms with Gasteiger partial charge in [0.2, 0.25) is 0 Å². The topological polar surface area (TPSA) is 37.3 Å². The molecule has 0 unspecified atom stereocenters. The van der Waals surface area contributed by atoms with Crippen LogP contribution in [0.4, 0.5) is 0 Å². The molecule has 184 valence electrons. The molecule has 1 saturated carbocycles. The van der Waals surface area contributed by atoms with Gasteiger partial charge in [-0.15, -0.1) is 0 Å². The number of hydrogen-bond acceptors (Lipinski definition) is 2. The molecule has 0 heterocycles. The number of carbonyl (C=O) groups is 1. The molecule has 3 aromatic carbocycles. The molecule has 0 radical (unpaired) electrons. The summed E-state index contributed by atoms with van der Waals surface area (Å²) in [6.45, 7) is 6.58. The van der Waals surface area contributed by atoms with Crippen molar-refractivity contribution in [3.63, 3.8) is 0 Å². The molecule has 0 bridgehead atoms. The molecule has 0 spiro atoms. The van der Waals surface area contributed by atoms with E-state index in [1.807, 2.05) is 48.5 Å². The summed E-state index contributed by atoms with van der Waals surface area (Å²) >= 11 is 0. The van der Waals surface area contributed by atoms with Gasteiger partial charge in [0.25, 0.3) is 0 Å². The Hall–Kier alpha value is -2.71. The van der Waals surface area contributed by atoms with Crippen LogP contribution >= 0.6 is 0 Å². The number of ketones is 1. The summed E-state index contributed by atoms with van der Waals surface area (Å²) in [6, 6.07) is 28.5. The summed E-state index contributed by atoms with van der Waals surface area (Å²) in [5.41, 5.74) is 3.21. The Morgan fingerprint density at radius 3 is 1.74 bits per heavy atom. The summed E-state index contributed by atoms with van der Waals surface area (Å²) in [5.74, 6) is 1.09. The first-order chi connectivity index (χ1) is 16.8. The molecule has 0 amide bonds. The van der Waals surface area contributed by atoms with Gasteiger partial charge in [-0.3, -0.25) is 4.79 Å². The van der Waals surface area contributed by atoms with Crippen LogP contribution < -0.4 is 0 Å². The van der Waals surface area contributed by atoms with Gasteiger partial charge in [0.05, 0.1) is 0 Å². The SMILES string of the molecule is CC(C)(C)c1ccc(C(=O)CCCC2CCC(C(O)(c3ccccc3)c3ccccc3)CC2)cc1. The Morgan fingerprint density at radius 1 is 0.743 bits per heavy atom. The Balaban J connectivity index is 1.32. The first kappa shape index (κ1) is 25.4. The van der Waals surface area contributed by atoms with Crippen molar-refractivity contribution in [2.75, 3.05) is 0 Å². The maximum absolute atomic E-state index is 12.7. The van der Waals surface area contributed by atoms with Crippen LogP contribution in [0, 0.1) is 11.8 Å². The van der Waals surface area contributed by atoms with E-state index in [0.717, 1.165) is 55.2 Å². The van der Waals surface area contributed by atoms with Gasteiger partial charge in [-0.2, -0.15) is 0 Å². The van der Waals surface area contributed by atoms with Crippen LogP contribution in [0.15, 0.2) is 84.9 Å². The van der Waals surface area contributed by atoms with Gasteiger partial charge in [0, 0.05) is 12.0 Å². The van der Waals surface area contributed by atoms with Gasteiger partial charge >= 0.3 is 0 Å². The third-order valence-electron chi connectivity index (χ3n) is 7.95. The van der Waals surface area contributed by atoms with Gasteiger partial charge in [0.1, 0.15) is 5.60 Å². The summed E-state index contributed by atoms with van der Waals surface area (Å²) in [6.07, 6.45) is 6.89. The van der Waals surface area contributed by atoms with E-state index in [0.29, 0.717) is 12.3 Å². The van der Waals surface area contributed by atoms with Crippen molar-refractivity contribution in [2.24, 2.45) is 11.8 Å². The number of benzene rings is 3. The Labute approximate surface area is 211 Å². The fourth-order valence-electron chi connectivity index (χ4n) is 5.74. The lowest BCUT2D eigenvalue weighted by Gasteiger charge is -2.41. The molecule has 2 nitrogen and oxygen atoms in total. The summed E-state index contributed by atoms with van der Waals surface area (Å²) in [4.78, 5) is 12.7. The number of carbonyl (C=O) groups excluding carboxylic acids is 1. The van der Waals surface area contributed by atoms with Crippen molar-refractivity contribution in [1.82, 2.24) is 0 Å². The molecule has 2 heteroatoms. The van der Waals surface area contributed by atoms with Crippen LogP contribution in [0.1, 0.15) is 92.8 Å². The van der Waals surface area contributed by atoms with E-state index < -0.39 is 5.60 Å². The summed E-state index contributed by atoms with van der Waals surface area (Å²) in [7, 11) is 0. The maximum Gasteiger partial charge on any atom is 0.162 e. The zero-order valence-electron chi connectivity index (χ0n) is 21.5. The van der Waals surface area contributed by atoms with Crippen LogP contribution in [0.2, 0.25) is 0 Å². The molecule has 35 heavy (non-hydrogen) atoms. The zero-order valence-corrected chi connectivity index (χ0v) is 21.5. The minimum absolute atomic E-state index is 0.105. The molecule has 1 aliphatic rings. The first-order valence-electron chi connectivity index (χ1n) is 13.3. The van der Waals surface area contributed by atoms with E-state index >= 15 is 0 Å². The standard InChI is InChI=1S/C33H40O2/c1-32(2,3)27-23-19-26(20-24-27)31(34)16-10-11-25-17-21-30(22-18-25)33(35,28-12-6-4-7-13-28)29-14-8-5-9-15-29/h4-9,12-15,19-20,23-25,30,35H,10-11,16-18,21-22H2,1-3H3. The molecule has 0 aromatic heterocycles. The molecule has 1 fully saturated rings. The highest BCUT2D eigenvalue weighted by Crippen LogP contribution is 2.45. The van der Waals surface area contributed by atoms with E-state index in [1.54, 1.807) is 0 Å². The van der Waals surface area contributed by atoms with Crippen molar-refractivity contribution < 1.29 is 9.90 Å². The first-order valence-corrected chi connectivity index (χ1v) is 13.3. The third kappa shape index (κ3) is 5.93. The summed E-state index contributed by atoms with van der Waals surface area (Å²) < 4.78 is 0. The van der Waals surface area contributed by atoms with Crippen molar-refractivity contribution in [2.45, 2.75) is 76.7 Å². The van der Waals surface area contributed by atoms with Gasteiger partial charge in [-0.05, 0) is 53.2 Å². The second-order valence-corrected chi connectivity index (χ2v) is 11.4. The number of Topliss-reactive ketones (excluding diaryl/α,β-unsaturated/α-hetero) is 1. The van der Waals surface area contributed by atoms with Gasteiger partial charge in [-0.25, -0.2) is 0 Å². The van der Waals surface area contributed by atoms with E-state index in [4.69, 9.17) is 0 Å². The second kappa shape index (κ2) is 10.9. The smallest absolute Gasteiger partial charge is 0.162 e. The van der Waals surface area contributed by atoms with E-state index in [1.165, 1.54) is 5.56 Å². The monoisotopic (exact) mass is 468 g/mol. The summed E-state index contributed by atoms with van der Waals surface area (Å²) in [5, 5.41) is 12.1. The maximum atomic E-state index is 12.7. The second-order valence-electron chi connectivity index (χ2n) is 11.4. The zero-order chi connectivity index (χ0) is 24.9. The van der Waals surface area contributed by atoms with Crippen molar-refractivity contribution in [3.05, 3.63) is 107 Å². The van der Waals surface area contributed by atoms with Crippen LogP contribution in [0.5, 0.6) is 0 Å². The molecule has 1 N–H and O–H groups in total. The minimum atomic E-state index is -0.956. The fraction of sp³-hybridized carbons (Fsp3) is 0.424. The van der Waals surface area contributed by atoms with E-state index in [9.17, 15) is 9.90 Å². The van der Waals surface area contributed by atoms with Crippen molar-refractivity contribution >= 4 is 5.78 Å². The van der Waals surface area contributed by atoms with Crippen LogP contribution in [-0.4, -0.2) is 10.9 Å². The Morgan fingerprint density at radius 2 is 1.26 bits per heavy atom. The van der Waals surface area contributed by atoms with Crippen LogP contribution in [0.3, 0.4) is 0 Å². The largest absolute Gasteiger partial charge is 0.380 e. The average Bonchev–Trinajstić information content (AvgIpc) is 2.89. The third-order valence-corrected chi connectivity index (χ3v) is 7.95. The van der Waals surface area contributed by atoms with Crippen molar-refractivity contribution in [3.8, 4) is 0 Å². The fourth-order valence-corrected chi connectivity index (χ4v) is 5.74. The Kier molecular flexibility index (Phi) is 7.91. The minimum Gasteiger partial charge on any atom is -0.380 e. The number of aliphatic hydroxyl groups is 1. The normalized spacial score (nSPS) is 18.9. The van der Waals surface area contributed by atoms with Crippen molar-refractivity contribution in [1.29, 1.82) is 0 Å². The number of rotatable bonds is 8. The van der Waals surface area contributed by atoms with Gasteiger partial charge < -0.3 is 5.11 Å². The highest BCUT2D eigenvalue weighted by Gasteiger charge is 2.41. The van der Waals surface area contributed by atoms with Gasteiger partial charge in [-0.1, -0.05) is 125 Å². The lowest BCUT2D eigenvalue weighted by molar-refractivity contribution is -0.00807. The lowest BCUT2D eigenvalue weighted by Crippen LogP contribution is -2.38. The highest BCUT2D eigenvalue weighted by atomic mass is 16.3. The molecule has 0 aliphatic heterocycles. The molecule has 0 atom stereocenters. The molecule has 3 aromatic rings.